The van der Waals surface area contributed by atoms with Crippen molar-refractivity contribution in [3.8, 4) is 0 Å². The number of carbonyl (C=O) groups excluding carboxylic acids is 1. The molecule has 4 heteroatoms. The van der Waals surface area contributed by atoms with Crippen LogP contribution in [0.4, 0.5) is 0 Å². The topological polar surface area (TPSA) is 46.2 Å². The molecule has 3 nitrogen and oxygen atoms in total. The van der Waals surface area contributed by atoms with Crippen LogP contribution in [0.15, 0.2) is 54.6 Å². The van der Waals surface area contributed by atoms with Crippen LogP contribution < -0.4 is 15.7 Å². The van der Waals surface area contributed by atoms with E-state index < -0.39 is 7.29 Å². The summed E-state index contributed by atoms with van der Waals surface area (Å²) in [5.74, 6) is -0.257. The van der Waals surface area contributed by atoms with E-state index in [0.29, 0.717) is 16.2 Å². The second-order valence-corrected chi connectivity index (χ2v) is 6.34. The zero-order chi connectivity index (χ0) is 11.9. The lowest BCUT2D eigenvalue weighted by Gasteiger charge is -2.12. The fourth-order valence-corrected chi connectivity index (χ4v) is 4.38. The van der Waals surface area contributed by atoms with Gasteiger partial charge in [0.15, 0.2) is 0 Å². The molecule has 3 rings (SSSR count). The summed E-state index contributed by atoms with van der Waals surface area (Å²) in [7, 11) is -2.97. The minimum atomic E-state index is -2.97. The molecule has 2 aromatic rings. The summed E-state index contributed by atoms with van der Waals surface area (Å²) in [6, 6.07) is 16.1. The molecule has 0 fully saturated rings. The Balaban J connectivity index is 2.25. The highest BCUT2D eigenvalue weighted by Crippen LogP contribution is 2.43. The number of hydrogen-bond acceptors (Lipinski definition) is 2. The van der Waals surface area contributed by atoms with Crippen LogP contribution in [0, 0.1) is 0 Å². The van der Waals surface area contributed by atoms with Crippen LogP contribution in [0.1, 0.15) is 10.4 Å². The lowest BCUT2D eigenvalue weighted by atomic mass is 10.2. The van der Waals surface area contributed by atoms with Gasteiger partial charge in [-0.1, -0.05) is 30.3 Å². The molecule has 1 aliphatic rings. The van der Waals surface area contributed by atoms with Crippen molar-refractivity contribution in [2.45, 2.75) is 0 Å². The summed E-state index contributed by atoms with van der Waals surface area (Å²) in [4.78, 5) is 11.8. The maximum Gasteiger partial charge on any atom is 0.257 e. The molecule has 1 unspecified atom stereocenters. The molecule has 0 spiro atoms. The summed E-state index contributed by atoms with van der Waals surface area (Å²) >= 11 is 0. The maximum atomic E-state index is 12.9. The molecule has 2 aromatic carbocycles. The molecule has 1 N–H and O–H groups in total. The molecule has 84 valence electrons. The molecule has 1 heterocycles. The van der Waals surface area contributed by atoms with E-state index in [1.807, 2.05) is 18.2 Å². The van der Waals surface area contributed by atoms with Gasteiger partial charge in [-0.2, -0.15) is 0 Å². The number of amides is 1. The predicted molar refractivity (Wildman–Crippen MR) is 67.2 cm³/mol. The molecule has 0 saturated heterocycles. The monoisotopic (exact) mass is 243 g/mol. The van der Waals surface area contributed by atoms with Crippen LogP contribution in [-0.4, -0.2) is 5.91 Å². The molecule has 0 saturated carbocycles. The van der Waals surface area contributed by atoms with E-state index in [4.69, 9.17) is 0 Å². The average molecular weight is 243 g/mol. The normalized spacial score (nSPS) is 22.0. The zero-order valence-corrected chi connectivity index (χ0v) is 9.85. The Hall–Kier alpha value is -1.86. The highest BCUT2D eigenvalue weighted by Gasteiger charge is 2.39. The first-order valence-corrected chi connectivity index (χ1v) is 7.00. The molecular formula is C13H10NO2P. The van der Waals surface area contributed by atoms with Gasteiger partial charge in [0, 0.05) is 10.6 Å². The fourth-order valence-electron chi connectivity index (χ4n) is 2.05. The van der Waals surface area contributed by atoms with Crippen molar-refractivity contribution >= 4 is 23.8 Å². The van der Waals surface area contributed by atoms with E-state index in [-0.39, 0.29) is 5.91 Å². The Kier molecular flexibility index (Phi) is 2.17. The summed E-state index contributed by atoms with van der Waals surface area (Å²) in [5, 5.41) is 3.90. The SMILES string of the molecule is O=C1NP(=O)(c2ccccc2)c2ccccc21. The van der Waals surface area contributed by atoms with Gasteiger partial charge in [-0.05, 0) is 24.3 Å². The van der Waals surface area contributed by atoms with Crippen LogP contribution >= 0.6 is 7.29 Å². The van der Waals surface area contributed by atoms with E-state index >= 15 is 0 Å². The third kappa shape index (κ3) is 1.43. The van der Waals surface area contributed by atoms with E-state index in [9.17, 15) is 9.36 Å². The molecule has 0 bridgehead atoms. The number of benzene rings is 2. The van der Waals surface area contributed by atoms with Crippen molar-refractivity contribution in [1.82, 2.24) is 5.09 Å². The Morgan fingerprint density at radius 1 is 0.882 bits per heavy atom. The van der Waals surface area contributed by atoms with E-state index in [1.54, 1.807) is 36.4 Å². The quantitative estimate of drug-likeness (QED) is 0.774. The third-order valence-electron chi connectivity index (χ3n) is 2.87. The summed E-state index contributed by atoms with van der Waals surface area (Å²) < 4.78 is 12.9. The molecule has 1 amide bonds. The first-order valence-electron chi connectivity index (χ1n) is 5.30. The molecule has 17 heavy (non-hydrogen) atoms. The van der Waals surface area contributed by atoms with Crippen LogP contribution in [-0.2, 0) is 4.57 Å². The Morgan fingerprint density at radius 2 is 1.53 bits per heavy atom. The molecule has 1 aliphatic heterocycles. The van der Waals surface area contributed by atoms with Crippen LogP contribution in [0.2, 0.25) is 0 Å². The third-order valence-corrected chi connectivity index (χ3v) is 5.48. The van der Waals surface area contributed by atoms with E-state index in [1.165, 1.54) is 0 Å². The van der Waals surface area contributed by atoms with Crippen molar-refractivity contribution in [3.05, 3.63) is 60.2 Å². The van der Waals surface area contributed by atoms with Gasteiger partial charge in [0.1, 0.15) is 0 Å². The lowest BCUT2D eigenvalue weighted by Crippen LogP contribution is -2.21. The first-order chi connectivity index (χ1) is 8.22. The minimum Gasteiger partial charge on any atom is -0.296 e. The van der Waals surface area contributed by atoms with Crippen LogP contribution in [0.25, 0.3) is 0 Å². The van der Waals surface area contributed by atoms with Gasteiger partial charge in [-0.25, -0.2) is 0 Å². The fraction of sp³-hybridized carbons (Fsp3) is 0. The van der Waals surface area contributed by atoms with E-state index in [0.717, 1.165) is 0 Å². The van der Waals surface area contributed by atoms with Crippen molar-refractivity contribution in [3.63, 3.8) is 0 Å². The minimum absolute atomic E-state index is 0.257. The van der Waals surface area contributed by atoms with Gasteiger partial charge in [0.25, 0.3) is 5.91 Å². The number of nitrogens with one attached hydrogen (secondary N) is 1. The van der Waals surface area contributed by atoms with Crippen LogP contribution in [0.5, 0.6) is 0 Å². The van der Waals surface area contributed by atoms with Gasteiger partial charge in [0.2, 0.25) is 7.29 Å². The second kappa shape index (κ2) is 3.57. The van der Waals surface area contributed by atoms with Crippen molar-refractivity contribution < 1.29 is 9.36 Å². The van der Waals surface area contributed by atoms with Crippen molar-refractivity contribution in [1.29, 1.82) is 0 Å². The molecule has 0 aromatic heterocycles. The molecule has 0 aliphatic carbocycles. The van der Waals surface area contributed by atoms with Gasteiger partial charge in [0.05, 0.1) is 5.56 Å². The molecule has 0 radical (unpaired) electrons. The van der Waals surface area contributed by atoms with Gasteiger partial charge in [-0.15, -0.1) is 0 Å². The van der Waals surface area contributed by atoms with Crippen molar-refractivity contribution in [2.75, 3.05) is 0 Å². The number of hydrogen-bond donors (Lipinski definition) is 1. The van der Waals surface area contributed by atoms with Crippen molar-refractivity contribution in [2.24, 2.45) is 0 Å². The Morgan fingerprint density at radius 3 is 2.29 bits per heavy atom. The lowest BCUT2D eigenvalue weighted by molar-refractivity contribution is 0.0986. The number of rotatable bonds is 1. The molecule has 1 atom stereocenters. The number of fused-ring (bicyclic) bond motifs is 1. The average Bonchev–Trinajstić information content (AvgIpc) is 2.65. The van der Waals surface area contributed by atoms with Gasteiger partial charge in [-0.3, -0.25) is 14.4 Å². The Labute approximate surface area is 98.9 Å². The summed E-state index contributed by atoms with van der Waals surface area (Å²) in [5.41, 5.74) is 0.514. The molecular weight excluding hydrogens is 233 g/mol. The standard InChI is InChI=1S/C13H10NO2P/c15-13-11-8-4-5-9-12(11)17(16,14-13)10-6-2-1-3-7-10/h1-9H,(H,14,15,16). The van der Waals surface area contributed by atoms with E-state index in [2.05, 4.69) is 5.09 Å². The van der Waals surface area contributed by atoms with Gasteiger partial charge < -0.3 is 0 Å². The first kappa shape index (κ1) is 10.3. The summed E-state index contributed by atoms with van der Waals surface area (Å²) in [6.45, 7) is 0. The predicted octanol–water partition coefficient (Wildman–Crippen LogP) is 1.66. The Bertz CT molecular complexity index is 637. The highest BCUT2D eigenvalue weighted by molar-refractivity contribution is 7.78. The largest absolute Gasteiger partial charge is 0.296 e. The zero-order valence-electron chi connectivity index (χ0n) is 8.96. The van der Waals surface area contributed by atoms with Crippen LogP contribution in [0.3, 0.4) is 0 Å². The number of carbonyl (C=O) groups is 1. The highest BCUT2D eigenvalue weighted by atomic mass is 31.2. The maximum absolute atomic E-state index is 12.9. The smallest absolute Gasteiger partial charge is 0.257 e. The summed E-state index contributed by atoms with van der Waals surface area (Å²) in [6.07, 6.45) is 0. The van der Waals surface area contributed by atoms with Gasteiger partial charge >= 0.3 is 0 Å². The second-order valence-electron chi connectivity index (χ2n) is 3.90.